The highest BCUT2D eigenvalue weighted by molar-refractivity contribution is 5.94. The average Bonchev–Trinajstić information content (AvgIpc) is 2.75. The summed E-state index contributed by atoms with van der Waals surface area (Å²) in [5.74, 6) is 0.218. The SMILES string of the molecule is CCC[C@H](NC(=O)C[NH+]1CCN(c2ccc(C(C)=O)cc2)CC1)c1ccccc1. The molecule has 1 fully saturated rings. The number of benzene rings is 2. The van der Waals surface area contributed by atoms with E-state index >= 15 is 0 Å². The molecule has 1 saturated heterocycles. The van der Waals surface area contributed by atoms with E-state index in [4.69, 9.17) is 0 Å². The van der Waals surface area contributed by atoms with Crippen LogP contribution in [-0.4, -0.2) is 44.4 Å². The summed E-state index contributed by atoms with van der Waals surface area (Å²) in [5, 5.41) is 3.24. The van der Waals surface area contributed by atoms with Gasteiger partial charge in [0.1, 0.15) is 0 Å². The zero-order valence-corrected chi connectivity index (χ0v) is 17.5. The maximum atomic E-state index is 12.6. The number of nitrogens with one attached hydrogen (secondary N) is 2. The lowest BCUT2D eigenvalue weighted by Gasteiger charge is -2.33. The first-order valence-corrected chi connectivity index (χ1v) is 10.6. The molecule has 5 heteroatoms. The van der Waals surface area contributed by atoms with Gasteiger partial charge in [-0.15, -0.1) is 0 Å². The van der Waals surface area contributed by atoms with E-state index in [0.29, 0.717) is 6.54 Å². The van der Waals surface area contributed by atoms with E-state index in [-0.39, 0.29) is 17.7 Å². The molecule has 2 aromatic rings. The normalized spacial score (nSPS) is 15.7. The molecular weight excluding hydrogens is 362 g/mol. The van der Waals surface area contributed by atoms with Gasteiger partial charge >= 0.3 is 0 Å². The molecule has 3 rings (SSSR count). The molecule has 0 spiro atoms. The van der Waals surface area contributed by atoms with Crippen LogP contribution in [-0.2, 0) is 4.79 Å². The second-order valence-corrected chi connectivity index (χ2v) is 7.84. The highest BCUT2D eigenvalue weighted by atomic mass is 16.2. The first-order valence-electron chi connectivity index (χ1n) is 10.6. The van der Waals surface area contributed by atoms with Crippen LogP contribution in [0.1, 0.15) is 48.7 Å². The first kappa shape index (κ1) is 21.1. The van der Waals surface area contributed by atoms with E-state index in [1.54, 1.807) is 6.92 Å². The fraction of sp³-hybridized carbons (Fsp3) is 0.417. The second-order valence-electron chi connectivity index (χ2n) is 7.84. The number of hydrogen-bond donors (Lipinski definition) is 2. The zero-order chi connectivity index (χ0) is 20.6. The first-order chi connectivity index (χ1) is 14.1. The van der Waals surface area contributed by atoms with Crippen LogP contribution in [0, 0.1) is 0 Å². The molecule has 1 aliphatic heterocycles. The minimum Gasteiger partial charge on any atom is -0.360 e. The quantitative estimate of drug-likeness (QED) is 0.676. The number of anilines is 1. The molecule has 0 unspecified atom stereocenters. The number of quaternary nitrogens is 1. The van der Waals surface area contributed by atoms with Gasteiger partial charge in [-0.05, 0) is 43.2 Å². The predicted octanol–water partition coefficient (Wildman–Crippen LogP) is 2.25. The van der Waals surface area contributed by atoms with E-state index in [1.807, 2.05) is 42.5 Å². The molecule has 29 heavy (non-hydrogen) atoms. The minimum absolute atomic E-state index is 0.0914. The Balaban J connectivity index is 1.49. The van der Waals surface area contributed by atoms with Gasteiger partial charge in [0, 0.05) is 11.3 Å². The van der Waals surface area contributed by atoms with Crippen LogP contribution >= 0.6 is 0 Å². The summed E-state index contributed by atoms with van der Waals surface area (Å²) >= 11 is 0. The summed E-state index contributed by atoms with van der Waals surface area (Å²) < 4.78 is 0. The number of piperazine rings is 1. The molecule has 0 aliphatic carbocycles. The highest BCUT2D eigenvalue weighted by Gasteiger charge is 2.23. The Bertz CT molecular complexity index is 797. The van der Waals surface area contributed by atoms with Crippen LogP contribution in [0.3, 0.4) is 0 Å². The van der Waals surface area contributed by atoms with Gasteiger partial charge in [0.05, 0.1) is 32.2 Å². The van der Waals surface area contributed by atoms with Crippen LogP contribution in [0.25, 0.3) is 0 Å². The molecule has 5 nitrogen and oxygen atoms in total. The smallest absolute Gasteiger partial charge is 0.275 e. The van der Waals surface area contributed by atoms with Crippen molar-refractivity contribution in [3.63, 3.8) is 0 Å². The van der Waals surface area contributed by atoms with Crippen molar-refractivity contribution in [2.45, 2.75) is 32.7 Å². The van der Waals surface area contributed by atoms with Crippen LogP contribution in [0.15, 0.2) is 54.6 Å². The molecule has 1 heterocycles. The summed E-state index contributed by atoms with van der Waals surface area (Å²) in [5.41, 5.74) is 3.07. The van der Waals surface area contributed by atoms with E-state index in [1.165, 1.54) is 10.5 Å². The average molecular weight is 395 g/mol. The summed E-state index contributed by atoms with van der Waals surface area (Å²) in [6.07, 6.45) is 1.99. The van der Waals surface area contributed by atoms with Crippen molar-refractivity contribution < 1.29 is 14.5 Å². The largest absolute Gasteiger partial charge is 0.360 e. The molecule has 2 N–H and O–H groups in total. The molecule has 1 aliphatic rings. The van der Waals surface area contributed by atoms with Gasteiger partial charge in [-0.2, -0.15) is 0 Å². The van der Waals surface area contributed by atoms with Crippen molar-refractivity contribution in [1.29, 1.82) is 0 Å². The summed E-state index contributed by atoms with van der Waals surface area (Å²) in [7, 11) is 0. The Kier molecular flexibility index (Phi) is 7.42. The van der Waals surface area contributed by atoms with Gasteiger partial charge in [0.15, 0.2) is 12.3 Å². The Morgan fingerprint density at radius 2 is 1.69 bits per heavy atom. The zero-order valence-electron chi connectivity index (χ0n) is 17.5. The molecule has 1 amide bonds. The van der Waals surface area contributed by atoms with E-state index < -0.39 is 0 Å². The van der Waals surface area contributed by atoms with Crippen molar-refractivity contribution in [2.75, 3.05) is 37.6 Å². The Labute approximate surface area is 173 Å². The van der Waals surface area contributed by atoms with Crippen LogP contribution in [0.2, 0.25) is 0 Å². The lowest BCUT2D eigenvalue weighted by atomic mass is 10.0. The Hall–Kier alpha value is -2.66. The van der Waals surface area contributed by atoms with Crippen molar-refractivity contribution in [3.8, 4) is 0 Å². The summed E-state index contributed by atoms with van der Waals surface area (Å²) in [6, 6.07) is 18.1. The van der Waals surface area contributed by atoms with Gasteiger partial charge in [0.2, 0.25) is 0 Å². The number of ketones is 1. The number of nitrogens with zero attached hydrogens (tertiary/aromatic N) is 1. The standard InChI is InChI=1S/C24H31N3O2/c1-3-7-23(21-8-5-4-6-9-21)25-24(29)18-26-14-16-27(17-15-26)22-12-10-20(11-13-22)19(2)28/h4-6,8-13,23H,3,7,14-18H2,1-2H3,(H,25,29)/p+1/t23-/m0/s1. The van der Waals surface area contributed by atoms with Gasteiger partial charge in [-0.1, -0.05) is 43.7 Å². The molecular formula is C24H32N3O2+. The molecule has 0 bridgehead atoms. The highest BCUT2D eigenvalue weighted by Crippen LogP contribution is 2.18. The molecule has 0 radical (unpaired) electrons. The Morgan fingerprint density at radius 3 is 2.28 bits per heavy atom. The maximum Gasteiger partial charge on any atom is 0.275 e. The monoisotopic (exact) mass is 394 g/mol. The van der Waals surface area contributed by atoms with Gasteiger partial charge < -0.3 is 15.1 Å². The summed E-state index contributed by atoms with van der Waals surface area (Å²) in [6.45, 7) is 7.96. The Morgan fingerprint density at radius 1 is 1.03 bits per heavy atom. The summed E-state index contributed by atoms with van der Waals surface area (Å²) in [4.78, 5) is 27.7. The lowest BCUT2D eigenvalue weighted by molar-refractivity contribution is -0.892. The third-order valence-corrected chi connectivity index (χ3v) is 5.63. The van der Waals surface area contributed by atoms with Crippen molar-refractivity contribution in [1.82, 2.24) is 5.32 Å². The van der Waals surface area contributed by atoms with Crippen LogP contribution in [0.5, 0.6) is 0 Å². The molecule has 0 aromatic heterocycles. The van der Waals surface area contributed by atoms with Crippen molar-refractivity contribution in [3.05, 3.63) is 65.7 Å². The second kappa shape index (κ2) is 10.2. The number of carbonyl (C=O) groups excluding carboxylic acids is 2. The molecule has 154 valence electrons. The van der Waals surface area contributed by atoms with Crippen molar-refractivity contribution >= 4 is 17.4 Å². The minimum atomic E-state index is 0.0914. The van der Waals surface area contributed by atoms with Gasteiger partial charge in [0.25, 0.3) is 5.91 Å². The van der Waals surface area contributed by atoms with Crippen molar-refractivity contribution in [2.24, 2.45) is 0 Å². The third kappa shape index (κ3) is 5.91. The number of Topliss-reactive ketones (excluding diaryl/α,β-unsaturated/α-hetero) is 1. The fourth-order valence-corrected chi connectivity index (χ4v) is 3.93. The number of amides is 1. The molecule has 2 aromatic carbocycles. The molecule has 0 saturated carbocycles. The van der Waals surface area contributed by atoms with Crippen LogP contribution in [0.4, 0.5) is 5.69 Å². The van der Waals surface area contributed by atoms with Gasteiger partial charge in [-0.3, -0.25) is 9.59 Å². The third-order valence-electron chi connectivity index (χ3n) is 5.63. The lowest BCUT2D eigenvalue weighted by Crippen LogP contribution is -3.16. The maximum absolute atomic E-state index is 12.6. The predicted molar refractivity (Wildman–Crippen MR) is 116 cm³/mol. The fourth-order valence-electron chi connectivity index (χ4n) is 3.93. The van der Waals surface area contributed by atoms with E-state index in [9.17, 15) is 9.59 Å². The van der Waals surface area contributed by atoms with E-state index in [2.05, 4.69) is 29.3 Å². The topological polar surface area (TPSA) is 53.9 Å². The number of rotatable bonds is 8. The number of carbonyl (C=O) groups is 2. The van der Waals surface area contributed by atoms with E-state index in [0.717, 1.165) is 50.3 Å². The number of hydrogen-bond acceptors (Lipinski definition) is 3. The molecule has 1 atom stereocenters. The van der Waals surface area contributed by atoms with Crippen LogP contribution < -0.4 is 15.1 Å². The van der Waals surface area contributed by atoms with Gasteiger partial charge in [-0.25, -0.2) is 0 Å².